The molecule has 0 heterocycles. The standard InChI is InChI=1S/C10H13FN2O/c1-7(14)13-9-4-2-8(3-5-9)10(12)6-11/h2-5,10H,6,12H2,1H3,(H,13,14)/t10-/m0/s1. The van der Waals surface area contributed by atoms with E-state index in [-0.39, 0.29) is 5.91 Å². The van der Waals surface area contributed by atoms with Crippen molar-refractivity contribution in [3.8, 4) is 0 Å². The van der Waals surface area contributed by atoms with Crippen molar-refractivity contribution in [2.24, 2.45) is 5.73 Å². The molecule has 0 radical (unpaired) electrons. The zero-order valence-electron chi connectivity index (χ0n) is 7.96. The van der Waals surface area contributed by atoms with Gasteiger partial charge in [0.15, 0.2) is 0 Å². The van der Waals surface area contributed by atoms with E-state index >= 15 is 0 Å². The van der Waals surface area contributed by atoms with E-state index in [2.05, 4.69) is 5.32 Å². The van der Waals surface area contributed by atoms with E-state index in [0.29, 0.717) is 5.69 Å². The van der Waals surface area contributed by atoms with Crippen molar-refractivity contribution in [1.82, 2.24) is 0 Å². The Bertz CT molecular complexity index is 310. The zero-order valence-corrected chi connectivity index (χ0v) is 7.96. The van der Waals surface area contributed by atoms with Crippen molar-refractivity contribution in [2.75, 3.05) is 12.0 Å². The molecule has 0 saturated carbocycles. The second-order valence-corrected chi connectivity index (χ2v) is 3.06. The Labute approximate surface area is 82.1 Å². The van der Waals surface area contributed by atoms with Crippen molar-refractivity contribution in [1.29, 1.82) is 0 Å². The third-order valence-corrected chi connectivity index (χ3v) is 1.83. The molecule has 0 fully saturated rings. The van der Waals surface area contributed by atoms with Gasteiger partial charge in [-0.25, -0.2) is 4.39 Å². The first-order chi connectivity index (χ1) is 6.63. The van der Waals surface area contributed by atoms with Crippen LogP contribution in [0.25, 0.3) is 0 Å². The molecule has 14 heavy (non-hydrogen) atoms. The summed E-state index contributed by atoms with van der Waals surface area (Å²) in [5, 5.41) is 2.62. The van der Waals surface area contributed by atoms with E-state index in [4.69, 9.17) is 5.73 Å². The van der Waals surface area contributed by atoms with E-state index in [9.17, 15) is 9.18 Å². The zero-order chi connectivity index (χ0) is 10.6. The number of nitrogens with two attached hydrogens (primary N) is 1. The van der Waals surface area contributed by atoms with E-state index in [1.165, 1.54) is 6.92 Å². The van der Waals surface area contributed by atoms with Gasteiger partial charge in [0.2, 0.25) is 5.91 Å². The number of nitrogens with one attached hydrogen (secondary N) is 1. The maximum atomic E-state index is 12.2. The first kappa shape index (κ1) is 10.7. The summed E-state index contributed by atoms with van der Waals surface area (Å²) < 4.78 is 12.2. The Morgan fingerprint density at radius 3 is 2.50 bits per heavy atom. The fraction of sp³-hybridized carbons (Fsp3) is 0.300. The van der Waals surface area contributed by atoms with E-state index in [1.807, 2.05) is 0 Å². The molecule has 0 saturated heterocycles. The average Bonchev–Trinajstić information content (AvgIpc) is 2.17. The molecule has 76 valence electrons. The summed E-state index contributed by atoms with van der Waals surface area (Å²) in [6, 6.07) is 6.23. The fourth-order valence-electron chi connectivity index (χ4n) is 1.11. The van der Waals surface area contributed by atoms with Gasteiger partial charge in [0, 0.05) is 12.6 Å². The van der Waals surface area contributed by atoms with Crippen LogP contribution in [0.3, 0.4) is 0 Å². The molecule has 0 aliphatic rings. The van der Waals surface area contributed by atoms with Gasteiger partial charge in [-0.15, -0.1) is 0 Å². The lowest BCUT2D eigenvalue weighted by Gasteiger charge is -2.08. The third-order valence-electron chi connectivity index (χ3n) is 1.83. The molecule has 1 amide bonds. The SMILES string of the molecule is CC(=O)Nc1ccc([C@@H](N)CF)cc1. The van der Waals surface area contributed by atoms with Crippen LogP contribution in [0.4, 0.5) is 10.1 Å². The number of anilines is 1. The summed E-state index contributed by atoms with van der Waals surface area (Å²) in [5.41, 5.74) is 6.89. The minimum absolute atomic E-state index is 0.132. The number of hydrogen-bond acceptors (Lipinski definition) is 2. The summed E-state index contributed by atoms with van der Waals surface area (Å²) in [5.74, 6) is -0.132. The highest BCUT2D eigenvalue weighted by Gasteiger charge is 2.04. The summed E-state index contributed by atoms with van der Waals surface area (Å²) in [4.78, 5) is 10.7. The molecule has 1 aromatic carbocycles. The molecule has 1 aromatic rings. The van der Waals surface area contributed by atoms with E-state index in [0.717, 1.165) is 5.56 Å². The molecule has 3 nitrogen and oxygen atoms in total. The molecule has 0 unspecified atom stereocenters. The monoisotopic (exact) mass is 196 g/mol. The predicted molar refractivity (Wildman–Crippen MR) is 53.6 cm³/mol. The summed E-state index contributed by atoms with van der Waals surface area (Å²) in [7, 11) is 0. The number of carbonyl (C=O) groups is 1. The smallest absolute Gasteiger partial charge is 0.221 e. The van der Waals surface area contributed by atoms with Crippen molar-refractivity contribution in [3.05, 3.63) is 29.8 Å². The molecule has 0 aromatic heterocycles. The molecule has 0 aliphatic carbocycles. The Morgan fingerprint density at radius 1 is 1.50 bits per heavy atom. The normalized spacial score (nSPS) is 12.2. The van der Waals surface area contributed by atoms with Gasteiger partial charge < -0.3 is 11.1 Å². The molecule has 0 bridgehead atoms. The van der Waals surface area contributed by atoms with Crippen LogP contribution in [-0.2, 0) is 4.79 Å². The number of halogens is 1. The van der Waals surface area contributed by atoms with Crippen molar-refractivity contribution in [3.63, 3.8) is 0 Å². The van der Waals surface area contributed by atoms with Crippen molar-refractivity contribution >= 4 is 11.6 Å². The molecular formula is C10H13FN2O. The number of amides is 1. The van der Waals surface area contributed by atoms with Gasteiger partial charge in [0.05, 0.1) is 6.04 Å². The van der Waals surface area contributed by atoms with Crippen LogP contribution in [0.5, 0.6) is 0 Å². The van der Waals surface area contributed by atoms with Gasteiger partial charge in [0.25, 0.3) is 0 Å². The lowest BCUT2D eigenvalue weighted by atomic mass is 10.1. The van der Waals surface area contributed by atoms with Gasteiger partial charge in [0.1, 0.15) is 6.67 Å². The van der Waals surface area contributed by atoms with Crippen LogP contribution in [-0.4, -0.2) is 12.6 Å². The van der Waals surface area contributed by atoms with Crippen LogP contribution in [0.1, 0.15) is 18.5 Å². The highest BCUT2D eigenvalue weighted by atomic mass is 19.1. The highest BCUT2D eigenvalue weighted by Crippen LogP contribution is 2.14. The van der Waals surface area contributed by atoms with Crippen LogP contribution < -0.4 is 11.1 Å². The maximum Gasteiger partial charge on any atom is 0.221 e. The average molecular weight is 196 g/mol. The second kappa shape index (κ2) is 4.72. The molecular weight excluding hydrogens is 183 g/mol. The van der Waals surface area contributed by atoms with Gasteiger partial charge >= 0.3 is 0 Å². The molecule has 0 spiro atoms. The summed E-state index contributed by atoms with van der Waals surface area (Å²) >= 11 is 0. The maximum absolute atomic E-state index is 12.2. The minimum Gasteiger partial charge on any atom is -0.326 e. The van der Waals surface area contributed by atoms with Crippen LogP contribution in [0.2, 0.25) is 0 Å². The van der Waals surface area contributed by atoms with Crippen LogP contribution in [0, 0.1) is 0 Å². The van der Waals surface area contributed by atoms with Gasteiger partial charge in [-0.1, -0.05) is 12.1 Å². The Morgan fingerprint density at radius 2 is 2.07 bits per heavy atom. The second-order valence-electron chi connectivity index (χ2n) is 3.06. The van der Waals surface area contributed by atoms with Crippen LogP contribution in [0.15, 0.2) is 24.3 Å². The number of alkyl halides is 1. The largest absolute Gasteiger partial charge is 0.326 e. The Balaban J connectivity index is 2.73. The van der Waals surface area contributed by atoms with Crippen LogP contribution >= 0.6 is 0 Å². The summed E-state index contributed by atoms with van der Waals surface area (Å²) in [6.45, 7) is 0.848. The number of hydrogen-bond donors (Lipinski definition) is 2. The van der Waals surface area contributed by atoms with E-state index in [1.54, 1.807) is 24.3 Å². The molecule has 4 heteroatoms. The van der Waals surface area contributed by atoms with E-state index < -0.39 is 12.7 Å². The fourth-order valence-corrected chi connectivity index (χ4v) is 1.11. The minimum atomic E-state index is -0.584. The highest BCUT2D eigenvalue weighted by molar-refractivity contribution is 5.88. The topological polar surface area (TPSA) is 55.1 Å². The number of carbonyl (C=O) groups excluding carboxylic acids is 1. The molecule has 0 aliphatic heterocycles. The predicted octanol–water partition coefficient (Wildman–Crippen LogP) is 1.61. The first-order valence-corrected chi connectivity index (χ1v) is 4.32. The quantitative estimate of drug-likeness (QED) is 0.771. The molecule has 1 rings (SSSR count). The number of benzene rings is 1. The lowest BCUT2D eigenvalue weighted by Crippen LogP contribution is -2.12. The van der Waals surface area contributed by atoms with Crippen molar-refractivity contribution in [2.45, 2.75) is 13.0 Å². The van der Waals surface area contributed by atoms with Crippen molar-refractivity contribution < 1.29 is 9.18 Å². The van der Waals surface area contributed by atoms with Gasteiger partial charge in [-0.2, -0.15) is 0 Å². The van der Waals surface area contributed by atoms with Gasteiger partial charge in [-0.05, 0) is 17.7 Å². The lowest BCUT2D eigenvalue weighted by molar-refractivity contribution is -0.114. The molecule has 3 N–H and O–H groups in total. The van der Waals surface area contributed by atoms with Gasteiger partial charge in [-0.3, -0.25) is 4.79 Å². The Hall–Kier alpha value is -1.42. The first-order valence-electron chi connectivity index (χ1n) is 4.32. The third kappa shape index (κ3) is 2.81. The molecule has 1 atom stereocenters. The Kier molecular flexibility index (Phi) is 3.59. The summed E-state index contributed by atoms with van der Waals surface area (Å²) in [6.07, 6.45) is 0. The number of rotatable bonds is 3.